The normalized spacial score (nSPS) is 15.8. The quantitative estimate of drug-likeness (QED) is 0.621. The average molecular weight is 458 g/mol. The molecule has 1 aliphatic rings. The Morgan fingerprint density at radius 3 is 2.34 bits per heavy atom. The molecule has 7 heteroatoms. The van der Waals surface area contributed by atoms with Crippen molar-refractivity contribution in [3.05, 3.63) is 65.2 Å². The number of amides is 1. The lowest BCUT2D eigenvalue weighted by Gasteiger charge is -2.30. The number of hydrogen-bond acceptors (Lipinski definition) is 4. The summed E-state index contributed by atoms with van der Waals surface area (Å²) in [6.45, 7) is 7.34. The number of likely N-dealkylation sites (tertiary alicyclic amines) is 1. The first-order chi connectivity index (χ1) is 15.3. The van der Waals surface area contributed by atoms with Crippen LogP contribution in [-0.2, 0) is 27.9 Å². The molecular formula is C25H35N3O3S. The molecule has 2 aromatic rings. The molecule has 1 aliphatic heterocycles. The van der Waals surface area contributed by atoms with Crippen LogP contribution in [0, 0.1) is 6.92 Å². The highest BCUT2D eigenvalue weighted by Crippen LogP contribution is 2.23. The molecular weight excluding hydrogens is 422 g/mol. The molecule has 0 bridgehead atoms. The number of carbonyl (C=O) groups excluding carboxylic acids is 1. The van der Waals surface area contributed by atoms with Gasteiger partial charge in [0.25, 0.3) is 0 Å². The summed E-state index contributed by atoms with van der Waals surface area (Å²) in [6, 6.07) is 14.7. The van der Waals surface area contributed by atoms with E-state index in [1.54, 1.807) is 12.1 Å². The van der Waals surface area contributed by atoms with Gasteiger partial charge in [-0.05, 0) is 62.5 Å². The van der Waals surface area contributed by atoms with Gasteiger partial charge in [0.05, 0.1) is 11.9 Å². The molecule has 6 nitrogen and oxygen atoms in total. The van der Waals surface area contributed by atoms with Gasteiger partial charge in [-0.2, -0.15) is 0 Å². The third-order valence-corrected chi connectivity index (χ3v) is 7.11. The van der Waals surface area contributed by atoms with Crippen LogP contribution in [0.2, 0.25) is 0 Å². The molecule has 2 aromatic carbocycles. The maximum Gasteiger partial charge on any atom is 0.244 e. The lowest BCUT2D eigenvalue weighted by atomic mass is 10.1. The first-order valence-corrected chi connectivity index (χ1v) is 13.3. The molecule has 1 amide bonds. The maximum atomic E-state index is 13.1. The Balaban J connectivity index is 1.69. The van der Waals surface area contributed by atoms with Crippen molar-refractivity contribution in [2.75, 3.05) is 23.7 Å². The summed E-state index contributed by atoms with van der Waals surface area (Å²) in [6.07, 6.45) is 5.35. The second-order valence-corrected chi connectivity index (χ2v) is 10.6. The second-order valence-electron chi connectivity index (χ2n) is 8.69. The van der Waals surface area contributed by atoms with Crippen molar-refractivity contribution in [1.29, 1.82) is 0 Å². The number of rotatable bonds is 9. The Labute approximate surface area is 192 Å². The molecule has 174 valence electrons. The number of hydrogen-bond donors (Lipinski definition) is 1. The third kappa shape index (κ3) is 6.56. The lowest BCUT2D eigenvalue weighted by molar-refractivity contribution is -0.122. The van der Waals surface area contributed by atoms with Crippen molar-refractivity contribution >= 4 is 21.6 Å². The van der Waals surface area contributed by atoms with E-state index in [4.69, 9.17) is 0 Å². The van der Waals surface area contributed by atoms with E-state index in [1.807, 2.05) is 38.1 Å². The van der Waals surface area contributed by atoms with Crippen molar-refractivity contribution < 1.29 is 13.2 Å². The van der Waals surface area contributed by atoms with Gasteiger partial charge in [-0.1, -0.05) is 55.3 Å². The third-order valence-electron chi connectivity index (χ3n) is 5.93. The van der Waals surface area contributed by atoms with E-state index < -0.39 is 16.1 Å². The van der Waals surface area contributed by atoms with E-state index >= 15 is 0 Å². The molecule has 1 heterocycles. The molecule has 0 saturated carbocycles. The summed E-state index contributed by atoms with van der Waals surface area (Å²) in [5.41, 5.74) is 3.79. The van der Waals surface area contributed by atoms with E-state index in [-0.39, 0.29) is 5.91 Å². The van der Waals surface area contributed by atoms with Gasteiger partial charge in [0.1, 0.15) is 6.04 Å². The van der Waals surface area contributed by atoms with E-state index in [1.165, 1.54) is 29.1 Å². The minimum absolute atomic E-state index is 0.292. The van der Waals surface area contributed by atoms with Crippen LogP contribution in [-0.4, -0.2) is 44.6 Å². The molecule has 3 rings (SSSR count). The fraction of sp³-hybridized carbons (Fsp3) is 0.480. The Hall–Kier alpha value is -2.38. The Morgan fingerprint density at radius 2 is 1.72 bits per heavy atom. The van der Waals surface area contributed by atoms with Crippen molar-refractivity contribution in [2.45, 2.75) is 58.7 Å². The maximum absolute atomic E-state index is 13.1. The number of benzene rings is 2. The highest BCUT2D eigenvalue weighted by atomic mass is 32.2. The van der Waals surface area contributed by atoms with Gasteiger partial charge in [-0.3, -0.25) is 14.0 Å². The number of anilines is 1. The number of nitrogens with zero attached hydrogens (tertiary/aromatic N) is 2. The summed E-state index contributed by atoms with van der Waals surface area (Å²) in [5, 5.41) is 2.96. The molecule has 0 aromatic heterocycles. The van der Waals surface area contributed by atoms with E-state index in [2.05, 4.69) is 22.3 Å². The van der Waals surface area contributed by atoms with Gasteiger partial charge in [0.15, 0.2) is 0 Å². The molecule has 1 fully saturated rings. The van der Waals surface area contributed by atoms with Gasteiger partial charge in [-0.25, -0.2) is 8.42 Å². The van der Waals surface area contributed by atoms with Crippen LogP contribution in [0.4, 0.5) is 5.69 Å². The van der Waals surface area contributed by atoms with Crippen molar-refractivity contribution in [3.63, 3.8) is 0 Å². The van der Waals surface area contributed by atoms with E-state index in [0.29, 0.717) is 18.7 Å². The SMILES string of the molecule is CC[C@H](C(=O)NCc1cccc(CN2CCCCC2)c1)N(c1ccc(C)cc1)S(C)(=O)=O. The Bertz CT molecular complexity index is 999. The van der Waals surface area contributed by atoms with Gasteiger partial charge in [0, 0.05) is 13.1 Å². The number of sulfonamides is 1. The highest BCUT2D eigenvalue weighted by Gasteiger charge is 2.31. The molecule has 1 saturated heterocycles. The van der Waals surface area contributed by atoms with Crippen LogP contribution in [0.1, 0.15) is 49.3 Å². The minimum Gasteiger partial charge on any atom is -0.350 e. The predicted molar refractivity (Wildman–Crippen MR) is 130 cm³/mol. The number of aryl methyl sites for hydroxylation is 1. The van der Waals surface area contributed by atoms with Crippen molar-refractivity contribution in [2.24, 2.45) is 0 Å². The van der Waals surface area contributed by atoms with Crippen LogP contribution in [0.15, 0.2) is 48.5 Å². The summed E-state index contributed by atoms with van der Waals surface area (Å²) < 4.78 is 26.4. The largest absolute Gasteiger partial charge is 0.350 e. The zero-order chi connectivity index (χ0) is 23.1. The monoisotopic (exact) mass is 457 g/mol. The van der Waals surface area contributed by atoms with Gasteiger partial charge >= 0.3 is 0 Å². The molecule has 32 heavy (non-hydrogen) atoms. The van der Waals surface area contributed by atoms with Crippen LogP contribution in [0.3, 0.4) is 0 Å². The molecule has 1 N–H and O–H groups in total. The van der Waals surface area contributed by atoms with E-state index in [9.17, 15) is 13.2 Å². The zero-order valence-electron chi connectivity index (χ0n) is 19.4. The summed E-state index contributed by atoms with van der Waals surface area (Å²) in [7, 11) is -3.63. The first kappa shape index (κ1) is 24.3. The molecule has 1 atom stereocenters. The summed E-state index contributed by atoms with van der Waals surface area (Å²) in [4.78, 5) is 15.5. The fourth-order valence-corrected chi connectivity index (χ4v) is 5.48. The van der Waals surface area contributed by atoms with Crippen molar-refractivity contribution in [3.8, 4) is 0 Å². The van der Waals surface area contributed by atoms with Gasteiger partial charge in [0.2, 0.25) is 15.9 Å². The Morgan fingerprint density at radius 1 is 1.06 bits per heavy atom. The van der Waals surface area contributed by atoms with Crippen LogP contribution >= 0.6 is 0 Å². The molecule has 0 spiro atoms. The van der Waals surface area contributed by atoms with Gasteiger partial charge in [-0.15, -0.1) is 0 Å². The van der Waals surface area contributed by atoms with Crippen LogP contribution in [0.25, 0.3) is 0 Å². The van der Waals surface area contributed by atoms with Crippen LogP contribution < -0.4 is 9.62 Å². The standard InChI is InChI=1S/C25H35N3O3S/c1-4-24(28(32(3,30)31)23-13-11-20(2)12-14-23)25(29)26-18-21-9-8-10-22(17-21)19-27-15-6-5-7-16-27/h8-14,17,24H,4-7,15-16,18-19H2,1-3H3,(H,26,29)/t24-/m1/s1. The molecule has 0 radical (unpaired) electrons. The number of nitrogens with one attached hydrogen (secondary N) is 1. The first-order valence-electron chi connectivity index (χ1n) is 11.4. The van der Waals surface area contributed by atoms with Crippen LogP contribution in [0.5, 0.6) is 0 Å². The number of piperidine rings is 1. The lowest BCUT2D eigenvalue weighted by Crippen LogP contribution is -2.49. The zero-order valence-corrected chi connectivity index (χ0v) is 20.2. The highest BCUT2D eigenvalue weighted by molar-refractivity contribution is 7.92. The Kier molecular flexibility index (Phi) is 8.32. The molecule has 0 aliphatic carbocycles. The van der Waals surface area contributed by atoms with Gasteiger partial charge < -0.3 is 5.32 Å². The topological polar surface area (TPSA) is 69.7 Å². The smallest absolute Gasteiger partial charge is 0.244 e. The predicted octanol–water partition coefficient (Wildman–Crippen LogP) is 3.84. The summed E-state index contributed by atoms with van der Waals surface area (Å²) in [5.74, 6) is -0.292. The average Bonchev–Trinajstić information content (AvgIpc) is 2.77. The fourth-order valence-electron chi connectivity index (χ4n) is 4.27. The van der Waals surface area contributed by atoms with E-state index in [0.717, 1.165) is 37.0 Å². The number of carbonyl (C=O) groups is 1. The second kappa shape index (κ2) is 11.0. The molecule has 0 unspecified atom stereocenters. The van der Waals surface area contributed by atoms with Crippen molar-refractivity contribution in [1.82, 2.24) is 10.2 Å². The minimum atomic E-state index is -3.63. The summed E-state index contributed by atoms with van der Waals surface area (Å²) >= 11 is 0.